The second kappa shape index (κ2) is 6.49. The Balaban J connectivity index is 2.19. The van der Waals surface area contributed by atoms with Crippen LogP contribution in [0.3, 0.4) is 0 Å². The van der Waals surface area contributed by atoms with Gasteiger partial charge in [0, 0.05) is 6.04 Å². The Hall–Kier alpha value is -0.930. The molecule has 0 saturated heterocycles. The molecule has 3 heteroatoms. The molecule has 1 aliphatic carbocycles. The van der Waals surface area contributed by atoms with E-state index in [1.165, 1.54) is 38.2 Å². The molecule has 1 aliphatic rings. The van der Waals surface area contributed by atoms with Gasteiger partial charge >= 0.3 is 0 Å². The minimum atomic E-state index is -0.174. The molecule has 0 heterocycles. The largest absolute Gasteiger partial charge is 0.271 e. The summed E-state index contributed by atoms with van der Waals surface area (Å²) in [6.07, 6.45) is 6.30. The highest BCUT2D eigenvalue weighted by molar-refractivity contribution is 5.30. The van der Waals surface area contributed by atoms with Gasteiger partial charge in [0.05, 0.1) is 0 Å². The van der Waals surface area contributed by atoms with Crippen molar-refractivity contribution in [2.24, 2.45) is 17.7 Å². The molecule has 0 amide bonds. The van der Waals surface area contributed by atoms with Gasteiger partial charge < -0.3 is 0 Å². The van der Waals surface area contributed by atoms with Crippen molar-refractivity contribution in [3.8, 4) is 0 Å². The maximum absolute atomic E-state index is 13.2. The first kappa shape index (κ1) is 14.5. The molecule has 1 aromatic rings. The first-order chi connectivity index (χ1) is 9.15. The molecule has 1 aromatic carbocycles. The smallest absolute Gasteiger partial charge is 0.123 e. The summed E-state index contributed by atoms with van der Waals surface area (Å²) in [5, 5.41) is 0. The Labute approximate surface area is 115 Å². The van der Waals surface area contributed by atoms with E-state index in [0.717, 1.165) is 17.0 Å². The minimum absolute atomic E-state index is 0.148. The zero-order valence-corrected chi connectivity index (χ0v) is 12.0. The Morgan fingerprint density at radius 2 is 2.21 bits per heavy atom. The standard InChI is InChI=1S/C16H25FN2/c1-3-12-5-4-6-13(10-12)16(19-18)15-8-7-14(17)9-11(15)2/h7-9,12-13,16,19H,3-6,10,18H2,1-2H3. The number of benzene rings is 1. The van der Waals surface area contributed by atoms with Gasteiger partial charge in [-0.2, -0.15) is 0 Å². The van der Waals surface area contributed by atoms with E-state index >= 15 is 0 Å². The number of hydrogen-bond acceptors (Lipinski definition) is 2. The van der Waals surface area contributed by atoms with Gasteiger partial charge in [-0.1, -0.05) is 32.3 Å². The molecule has 2 nitrogen and oxygen atoms in total. The average molecular weight is 264 g/mol. The molecule has 0 bridgehead atoms. The normalized spacial score (nSPS) is 25.3. The number of rotatable bonds is 4. The fourth-order valence-electron chi connectivity index (χ4n) is 3.47. The van der Waals surface area contributed by atoms with Crippen molar-refractivity contribution in [2.75, 3.05) is 0 Å². The van der Waals surface area contributed by atoms with Crippen LogP contribution in [-0.2, 0) is 0 Å². The molecule has 106 valence electrons. The third kappa shape index (κ3) is 3.34. The topological polar surface area (TPSA) is 38.0 Å². The van der Waals surface area contributed by atoms with E-state index in [2.05, 4.69) is 12.3 Å². The highest BCUT2D eigenvalue weighted by Crippen LogP contribution is 2.38. The lowest BCUT2D eigenvalue weighted by molar-refractivity contribution is 0.209. The first-order valence-electron chi connectivity index (χ1n) is 7.37. The Bertz CT molecular complexity index is 419. The number of halogens is 1. The van der Waals surface area contributed by atoms with Crippen molar-refractivity contribution in [3.05, 3.63) is 35.1 Å². The summed E-state index contributed by atoms with van der Waals surface area (Å²) in [6.45, 7) is 4.23. The van der Waals surface area contributed by atoms with Gasteiger partial charge in [0.15, 0.2) is 0 Å². The molecule has 0 spiro atoms. The minimum Gasteiger partial charge on any atom is -0.271 e. The highest BCUT2D eigenvalue weighted by Gasteiger charge is 2.28. The van der Waals surface area contributed by atoms with Crippen LogP contribution in [0.15, 0.2) is 18.2 Å². The summed E-state index contributed by atoms with van der Waals surface area (Å²) in [7, 11) is 0. The van der Waals surface area contributed by atoms with E-state index in [4.69, 9.17) is 5.84 Å². The van der Waals surface area contributed by atoms with Crippen LogP contribution in [0.4, 0.5) is 4.39 Å². The molecule has 3 N–H and O–H groups in total. The van der Waals surface area contributed by atoms with Crippen molar-refractivity contribution in [1.82, 2.24) is 5.43 Å². The predicted octanol–water partition coefficient (Wildman–Crippen LogP) is 3.85. The lowest BCUT2D eigenvalue weighted by Gasteiger charge is -2.34. The van der Waals surface area contributed by atoms with E-state index < -0.39 is 0 Å². The van der Waals surface area contributed by atoms with Crippen LogP contribution in [0.5, 0.6) is 0 Å². The molecular weight excluding hydrogens is 239 g/mol. The second-order valence-electron chi connectivity index (χ2n) is 5.85. The Morgan fingerprint density at radius 1 is 1.42 bits per heavy atom. The Kier molecular flexibility index (Phi) is 4.94. The van der Waals surface area contributed by atoms with Crippen LogP contribution in [0.25, 0.3) is 0 Å². The molecule has 3 atom stereocenters. The average Bonchev–Trinajstić information content (AvgIpc) is 2.42. The van der Waals surface area contributed by atoms with Crippen molar-refractivity contribution in [3.63, 3.8) is 0 Å². The Morgan fingerprint density at radius 3 is 2.84 bits per heavy atom. The van der Waals surface area contributed by atoms with Gasteiger partial charge in [0.2, 0.25) is 0 Å². The molecule has 0 radical (unpaired) electrons. The van der Waals surface area contributed by atoms with E-state index in [1.807, 2.05) is 13.0 Å². The van der Waals surface area contributed by atoms with Crippen LogP contribution in [0, 0.1) is 24.6 Å². The van der Waals surface area contributed by atoms with Gasteiger partial charge in [0.25, 0.3) is 0 Å². The van der Waals surface area contributed by atoms with E-state index in [-0.39, 0.29) is 11.9 Å². The third-order valence-corrected chi connectivity index (χ3v) is 4.62. The molecule has 0 aliphatic heterocycles. The lowest BCUT2D eigenvalue weighted by Crippen LogP contribution is -2.36. The van der Waals surface area contributed by atoms with E-state index in [9.17, 15) is 4.39 Å². The zero-order chi connectivity index (χ0) is 13.8. The zero-order valence-electron chi connectivity index (χ0n) is 12.0. The third-order valence-electron chi connectivity index (χ3n) is 4.62. The fourth-order valence-corrected chi connectivity index (χ4v) is 3.47. The fraction of sp³-hybridized carbons (Fsp3) is 0.625. The quantitative estimate of drug-likeness (QED) is 0.640. The number of nitrogens with two attached hydrogens (primary N) is 1. The number of aryl methyl sites for hydroxylation is 1. The number of hydrazine groups is 1. The summed E-state index contributed by atoms with van der Waals surface area (Å²) in [5.74, 6) is 6.99. The summed E-state index contributed by atoms with van der Waals surface area (Å²) < 4.78 is 13.2. The SMILES string of the molecule is CCC1CCCC(C(NN)c2ccc(F)cc2C)C1. The summed E-state index contributed by atoms with van der Waals surface area (Å²) in [5.41, 5.74) is 5.10. The molecule has 19 heavy (non-hydrogen) atoms. The van der Waals surface area contributed by atoms with Gasteiger partial charge in [-0.05, 0) is 54.9 Å². The van der Waals surface area contributed by atoms with Crippen LogP contribution < -0.4 is 11.3 Å². The second-order valence-corrected chi connectivity index (χ2v) is 5.85. The van der Waals surface area contributed by atoms with Crippen LogP contribution in [0.1, 0.15) is 56.2 Å². The van der Waals surface area contributed by atoms with Crippen LogP contribution >= 0.6 is 0 Å². The van der Waals surface area contributed by atoms with Gasteiger partial charge in [0.1, 0.15) is 5.82 Å². The molecule has 2 rings (SSSR count). The number of hydrogen-bond donors (Lipinski definition) is 2. The van der Waals surface area contributed by atoms with Gasteiger partial charge in [-0.3, -0.25) is 11.3 Å². The molecule has 1 fully saturated rings. The molecular formula is C16H25FN2. The predicted molar refractivity (Wildman–Crippen MR) is 76.9 cm³/mol. The van der Waals surface area contributed by atoms with Gasteiger partial charge in [-0.15, -0.1) is 0 Å². The van der Waals surface area contributed by atoms with E-state index in [0.29, 0.717) is 5.92 Å². The maximum atomic E-state index is 13.2. The van der Waals surface area contributed by atoms with Crippen molar-refractivity contribution < 1.29 is 4.39 Å². The maximum Gasteiger partial charge on any atom is 0.123 e. The molecule has 1 saturated carbocycles. The number of nitrogens with one attached hydrogen (secondary N) is 1. The van der Waals surface area contributed by atoms with E-state index in [1.54, 1.807) is 6.07 Å². The summed E-state index contributed by atoms with van der Waals surface area (Å²) >= 11 is 0. The van der Waals surface area contributed by atoms with Crippen LogP contribution in [-0.4, -0.2) is 0 Å². The molecule has 0 aromatic heterocycles. The van der Waals surface area contributed by atoms with Crippen molar-refractivity contribution in [2.45, 2.75) is 52.0 Å². The lowest BCUT2D eigenvalue weighted by atomic mass is 9.75. The molecule has 3 unspecified atom stereocenters. The monoisotopic (exact) mass is 264 g/mol. The summed E-state index contributed by atoms with van der Waals surface area (Å²) in [4.78, 5) is 0. The van der Waals surface area contributed by atoms with Crippen molar-refractivity contribution >= 4 is 0 Å². The highest BCUT2D eigenvalue weighted by atomic mass is 19.1. The first-order valence-corrected chi connectivity index (χ1v) is 7.37. The van der Waals surface area contributed by atoms with Crippen LogP contribution in [0.2, 0.25) is 0 Å². The van der Waals surface area contributed by atoms with Crippen molar-refractivity contribution in [1.29, 1.82) is 0 Å². The van der Waals surface area contributed by atoms with Gasteiger partial charge in [-0.25, -0.2) is 4.39 Å². The summed E-state index contributed by atoms with van der Waals surface area (Å²) in [6, 6.07) is 5.16.